The summed E-state index contributed by atoms with van der Waals surface area (Å²) in [5, 5.41) is 10.7. The molecule has 2 amide bonds. The highest BCUT2D eigenvalue weighted by Gasteiger charge is 2.30. The maximum absolute atomic E-state index is 11.9. The predicted octanol–water partition coefficient (Wildman–Crippen LogP) is 2.08. The first-order valence-corrected chi connectivity index (χ1v) is 11.9. The zero-order valence-electron chi connectivity index (χ0n) is 19.8. The lowest BCUT2D eigenvalue weighted by Gasteiger charge is -2.41. The zero-order valence-corrected chi connectivity index (χ0v) is 19.8. The highest BCUT2D eigenvalue weighted by Crippen LogP contribution is 2.31. The van der Waals surface area contributed by atoms with E-state index in [1.807, 2.05) is 16.8 Å². The third kappa shape index (κ3) is 5.21. The highest BCUT2D eigenvalue weighted by molar-refractivity contribution is 5.79. The van der Waals surface area contributed by atoms with E-state index in [4.69, 9.17) is 4.74 Å². The first-order valence-electron chi connectivity index (χ1n) is 11.9. The van der Waals surface area contributed by atoms with Crippen LogP contribution in [0.5, 0.6) is 0 Å². The SMILES string of the molecule is CNC(=O)C[C@@H](C)c1ccn2ncnc(NC3CCC(N4CCN(C(=O)OC)CC4)CC3)c12. The molecule has 3 heterocycles. The van der Waals surface area contributed by atoms with Crippen molar-refractivity contribution in [1.29, 1.82) is 0 Å². The van der Waals surface area contributed by atoms with Crippen LogP contribution < -0.4 is 10.6 Å². The van der Waals surface area contributed by atoms with E-state index in [0.717, 1.165) is 68.8 Å². The van der Waals surface area contributed by atoms with Gasteiger partial charge in [-0.05, 0) is 43.2 Å². The largest absolute Gasteiger partial charge is 0.453 e. The Morgan fingerprint density at radius 3 is 2.58 bits per heavy atom. The average Bonchev–Trinajstić information content (AvgIpc) is 3.29. The smallest absolute Gasteiger partial charge is 0.409 e. The number of nitrogens with one attached hydrogen (secondary N) is 2. The van der Waals surface area contributed by atoms with E-state index in [0.29, 0.717) is 18.5 Å². The van der Waals surface area contributed by atoms with Crippen molar-refractivity contribution in [1.82, 2.24) is 29.7 Å². The third-order valence-electron chi connectivity index (χ3n) is 7.09. The fourth-order valence-corrected chi connectivity index (χ4v) is 5.15. The molecule has 0 unspecified atom stereocenters. The molecule has 0 aromatic carbocycles. The van der Waals surface area contributed by atoms with Crippen molar-refractivity contribution in [3.05, 3.63) is 24.2 Å². The number of methoxy groups -OCH3 is 1. The van der Waals surface area contributed by atoms with Crippen molar-refractivity contribution >= 4 is 23.3 Å². The Hall–Kier alpha value is -2.88. The van der Waals surface area contributed by atoms with Crippen LogP contribution in [0, 0.1) is 0 Å². The van der Waals surface area contributed by atoms with Gasteiger partial charge in [0.05, 0.1) is 7.11 Å². The number of fused-ring (bicyclic) bond motifs is 1. The Morgan fingerprint density at radius 1 is 1.18 bits per heavy atom. The minimum Gasteiger partial charge on any atom is -0.453 e. The van der Waals surface area contributed by atoms with Crippen LogP contribution in [-0.2, 0) is 9.53 Å². The summed E-state index contributed by atoms with van der Waals surface area (Å²) in [5.41, 5.74) is 2.04. The molecule has 33 heavy (non-hydrogen) atoms. The molecule has 1 aliphatic carbocycles. The van der Waals surface area contributed by atoms with Crippen LogP contribution in [0.15, 0.2) is 18.6 Å². The summed E-state index contributed by atoms with van der Waals surface area (Å²) in [6.07, 6.45) is 8.10. The molecule has 4 rings (SSSR count). The van der Waals surface area contributed by atoms with E-state index < -0.39 is 0 Å². The molecule has 2 aliphatic rings. The molecular weight excluding hydrogens is 422 g/mol. The number of amides is 2. The van der Waals surface area contributed by atoms with E-state index in [1.165, 1.54) is 7.11 Å². The summed E-state index contributed by atoms with van der Waals surface area (Å²) < 4.78 is 6.69. The van der Waals surface area contributed by atoms with E-state index in [-0.39, 0.29) is 17.9 Å². The molecule has 180 valence electrons. The lowest BCUT2D eigenvalue weighted by atomic mass is 9.89. The second-order valence-corrected chi connectivity index (χ2v) is 9.09. The van der Waals surface area contributed by atoms with E-state index in [2.05, 4.69) is 32.5 Å². The second kappa shape index (κ2) is 10.4. The molecule has 1 saturated carbocycles. The van der Waals surface area contributed by atoms with Gasteiger partial charge in [-0.15, -0.1) is 0 Å². The standard InChI is InChI=1S/C23H35N7O3/c1-16(14-20(31)24-2)19-8-9-30-21(19)22(25-15-26-30)27-17-4-6-18(7-5-17)28-10-12-29(13-11-28)23(32)33-3/h8-9,15-18H,4-7,10-14H2,1-3H3,(H,24,31)(H,25,26,27)/t16-,17?,18?/m1/s1. The quantitative estimate of drug-likeness (QED) is 0.684. The molecule has 0 radical (unpaired) electrons. The van der Waals surface area contributed by atoms with Gasteiger partial charge in [0.1, 0.15) is 11.8 Å². The predicted molar refractivity (Wildman–Crippen MR) is 125 cm³/mol. The van der Waals surface area contributed by atoms with Gasteiger partial charge in [0.2, 0.25) is 5.91 Å². The summed E-state index contributed by atoms with van der Waals surface area (Å²) in [7, 11) is 3.10. The van der Waals surface area contributed by atoms with Gasteiger partial charge in [-0.25, -0.2) is 14.3 Å². The van der Waals surface area contributed by atoms with Gasteiger partial charge in [-0.3, -0.25) is 9.69 Å². The minimum absolute atomic E-state index is 0.0268. The number of hydrogen-bond acceptors (Lipinski definition) is 7. The lowest BCUT2D eigenvalue weighted by molar-refractivity contribution is -0.120. The fourth-order valence-electron chi connectivity index (χ4n) is 5.15. The highest BCUT2D eigenvalue weighted by atomic mass is 16.5. The van der Waals surface area contributed by atoms with Gasteiger partial charge in [0.15, 0.2) is 5.82 Å². The van der Waals surface area contributed by atoms with Gasteiger partial charge >= 0.3 is 6.09 Å². The van der Waals surface area contributed by atoms with E-state index >= 15 is 0 Å². The molecule has 0 spiro atoms. The molecular formula is C23H35N7O3. The van der Waals surface area contributed by atoms with E-state index in [9.17, 15) is 9.59 Å². The maximum atomic E-state index is 11.9. The molecule has 2 aromatic heterocycles. The molecule has 1 atom stereocenters. The van der Waals surface area contributed by atoms with E-state index in [1.54, 1.807) is 18.3 Å². The van der Waals surface area contributed by atoms with Gasteiger partial charge < -0.3 is 20.3 Å². The second-order valence-electron chi connectivity index (χ2n) is 9.09. The number of hydrogen-bond donors (Lipinski definition) is 2. The van der Waals surface area contributed by atoms with Gasteiger partial charge in [0.25, 0.3) is 0 Å². The number of aromatic nitrogens is 3. The minimum atomic E-state index is -0.229. The molecule has 1 saturated heterocycles. The molecule has 2 N–H and O–H groups in total. The monoisotopic (exact) mass is 457 g/mol. The van der Waals surface area contributed by atoms with Gasteiger partial charge in [0, 0.05) is 57.9 Å². The van der Waals surface area contributed by atoms with Crippen LogP contribution >= 0.6 is 0 Å². The van der Waals surface area contributed by atoms with Crippen molar-refractivity contribution < 1.29 is 14.3 Å². The number of piperazine rings is 1. The molecule has 1 aliphatic heterocycles. The van der Waals surface area contributed by atoms with Crippen molar-refractivity contribution in [2.45, 2.75) is 57.0 Å². The fraction of sp³-hybridized carbons (Fsp3) is 0.652. The molecule has 2 aromatic rings. The Kier molecular flexibility index (Phi) is 7.32. The van der Waals surface area contributed by atoms with Crippen molar-refractivity contribution in [3.63, 3.8) is 0 Å². The van der Waals surface area contributed by atoms with Crippen LogP contribution in [0.25, 0.3) is 5.52 Å². The number of ether oxygens (including phenoxy) is 1. The number of nitrogens with zero attached hydrogens (tertiary/aromatic N) is 5. The topological polar surface area (TPSA) is 104 Å². The Balaban J connectivity index is 1.36. The first-order chi connectivity index (χ1) is 16.0. The first kappa shape index (κ1) is 23.3. The number of carbonyl (C=O) groups excluding carboxylic acids is 2. The summed E-state index contributed by atoms with van der Waals surface area (Å²) in [4.78, 5) is 32.5. The average molecular weight is 458 g/mol. The Morgan fingerprint density at radius 2 is 1.91 bits per heavy atom. The zero-order chi connectivity index (χ0) is 23.4. The van der Waals surface area contributed by atoms with Gasteiger partial charge in [-0.1, -0.05) is 6.92 Å². The maximum Gasteiger partial charge on any atom is 0.409 e. The molecule has 10 nitrogen and oxygen atoms in total. The van der Waals surface area contributed by atoms with Crippen LogP contribution in [-0.4, -0.2) is 88.8 Å². The normalized spacial score (nSPS) is 22.7. The van der Waals surface area contributed by atoms with Crippen LogP contribution in [0.3, 0.4) is 0 Å². The summed E-state index contributed by atoms with van der Waals surface area (Å²) in [5.74, 6) is 0.934. The van der Waals surface area contributed by atoms with Gasteiger partial charge in [-0.2, -0.15) is 5.10 Å². The lowest BCUT2D eigenvalue weighted by Crippen LogP contribution is -2.53. The molecule has 0 bridgehead atoms. The van der Waals surface area contributed by atoms with Crippen LogP contribution in [0.1, 0.15) is 50.5 Å². The summed E-state index contributed by atoms with van der Waals surface area (Å²) in [6.45, 7) is 5.33. The number of anilines is 1. The van der Waals surface area contributed by atoms with Crippen molar-refractivity contribution in [2.24, 2.45) is 0 Å². The van der Waals surface area contributed by atoms with Crippen molar-refractivity contribution in [3.8, 4) is 0 Å². The summed E-state index contributed by atoms with van der Waals surface area (Å²) in [6, 6.07) is 2.95. The number of carbonyl (C=O) groups is 2. The number of rotatable bonds is 6. The Bertz CT molecular complexity index is 962. The Labute approximate surface area is 194 Å². The summed E-state index contributed by atoms with van der Waals surface area (Å²) >= 11 is 0. The molecule has 10 heteroatoms. The van der Waals surface area contributed by atoms with Crippen LogP contribution in [0.4, 0.5) is 10.6 Å². The van der Waals surface area contributed by atoms with Crippen molar-refractivity contribution in [2.75, 3.05) is 45.7 Å². The van der Waals surface area contributed by atoms with Crippen LogP contribution in [0.2, 0.25) is 0 Å². The molecule has 2 fully saturated rings. The third-order valence-corrected chi connectivity index (χ3v) is 7.09.